The first-order valence-electron chi connectivity index (χ1n) is 10.8. The van der Waals surface area contributed by atoms with E-state index >= 15 is 0 Å². The van der Waals surface area contributed by atoms with Crippen molar-refractivity contribution in [2.45, 2.75) is 44.7 Å². The molecule has 0 aliphatic carbocycles. The lowest BCUT2D eigenvalue weighted by Gasteiger charge is -2.34. The molecule has 0 saturated carbocycles. The average Bonchev–Trinajstić information content (AvgIpc) is 2.73. The molecule has 1 aliphatic heterocycles. The van der Waals surface area contributed by atoms with Gasteiger partial charge >= 0.3 is 18.0 Å². The van der Waals surface area contributed by atoms with Crippen LogP contribution in [0.2, 0.25) is 5.02 Å². The zero-order chi connectivity index (χ0) is 24.1. The number of fused-ring (bicyclic) bond motifs is 1. The number of carboxylic acids is 2. The minimum atomic E-state index is -1.52. The predicted molar refractivity (Wildman–Crippen MR) is 126 cm³/mol. The zero-order valence-electron chi connectivity index (χ0n) is 18.6. The van der Waals surface area contributed by atoms with Crippen molar-refractivity contribution in [1.29, 1.82) is 0 Å². The normalized spacial score (nSPS) is 16.5. The first kappa shape index (κ1) is 24.5. The number of carbonyl (C=O) groups is 3. The molecule has 2 atom stereocenters. The topological polar surface area (TPSA) is 119 Å². The molecule has 176 valence electrons. The van der Waals surface area contributed by atoms with E-state index < -0.39 is 30.4 Å². The van der Waals surface area contributed by atoms with Gasteiger partial charge in [0, 0.05) is 29.7 Å². The Hall–Kier alpha value is -3.10. The highest BCUT2D eigenvalue weighted by molar-refractivity contribution is 6.30. The third-order valence-electron chi connectivity index (χ3n) is 5.69. The van der Waals surface area contributed by atoms with E-state index in [4.69, 9.17) is 21.8 Å². The Labute approximate surface area is 197 Å². The number of carbonyl (C=O) groups excluding carboxylic acids is 1. The Morgan fingerprint density at radius 1 is 1.21 bits per heavy atom. The van der Waals surface area contributed by atoms with E-state index in [2.05, 4.69) is 29.5 Å². The number of nitrogens with one attached hydrogen (secondary N) is 2. The van der Waals surface area contributed by atoms with Gasteiger partial charge in [0.25, 0.3) is 0 Å². The minimum Gasteiger partial charge on any atom is -0.481 e. The number of anilines is 1. The maximum Gasteiger partial charge on any atom is 0.326 e. The Morgan fingerprint density at radius 2 is 1.97 bits per heavy atom. The second kappa shape index (κ2) is 10.7. The van der Waals surface area contributed by atoms with Gasteiger partial charge in [-0.15, -0.1) is 0 Å². The molecule has 2 aromatic rings. The summed E-state index contributed by atoms with van der Waals surface area (Å²) in [6.07, 6.45) is 1.26. The van der Waals surface area contributed by atoms with Crippen LogP contribution in [0.1, 0.15) is 47.9 Å². The summed E-state index contributed by atoms with van der Waals surface area (Å²) in [7, 11) is 2.07. The number of urea groups is 1. The van der Waals surface area contributed by atoms with Crippen molar-refractivity contribution < 1.29 is 24.6 Å². The molecule has 1 heterocycles. The molecule has 0 saturated heterocycles. The second-order valence-corrected chi connectivity index (χ2v) is 8.78. The molecule has 0 bridgehead atoms. The van der Waals surface area contributed by atoms with Crippen molar-refractivity contribution in [2.75, 3.05) is 18.9 Å². The number of benzene rings is 2. The molecule has 1 aliphatic rings. The third-order valence-corrected chi connectivity index (χ3v) is 5.91. The Balaban J connectivity index is 1.85. The van der Waals surface area contributed by atoms with Crippen LogP contribution in [0, 0.1) is 0 Å². The molecular weight excluding hydrogens is 446 g/mol. The van der Waals surface area contributed by atoms with E-state index in [1.807, 2.05) is 30.3 Å². The van der Waals surface area contributed by atoms with E-state index in [0.717, 1.165) is 31.5 Å². The molecule has 2 amide bonds. The molecule has 0 aromatic heterocycles. The summed E-state index contributed by atoms with van der Waals surface area (Å²) >= 11 is 6.45. The minimum absolute atomic E-state index is 0.0524. The number of aliphatic carboxylic acids is 2. The van der Waals surface area contributed by atoms with Gasteiger partial charge in [-0.1, -0.05) is 37.1 Å². The number of amides is 2. The number of rotatable bonds is 8. The zero-order valence-corrected chi connectivity index (χ0v) is 19.4. The van der Waals surface area contributed by atoms with Crippen molar-refractivity contribution in [3.8, 4) is 0 Å². The van der Waals surface area contributed by atoms with Gasteiger partial charge in [-0.3, -0.25) is 4.79 Å². The van der Waals surface area contributed by atoms with E-state index in [9.17, 15) is 14.4 Å². The summed E-state index contributed by atoms with van der Waals surface area (Å²) in [4.78, 5) is 36.6. The lowest BCUT2D eigenvalue weighted by Crippen LogP contribution is -2.44. The van der Waals surface area contributed by atoms with Crippen LogP contribution in [0.3, 0.4) is 0 Å². The van der Waals surface area contributed by atoms with E-state index in [-0.39, 0.29) is 5.92 Å². The first-order valence-corrected chi connectivity index (χ1v) is 11.2. The molecule has 8 nitrogen and oxygen atoms in total. The van der Waals surface area contributed by atoms with E-state index in [0.29, 0.717) is 10.7 Å². The second-order valence-electron chi connectivity index (χ2n) is 8.34. The number of hydrogen-bond donors (Lipinski definition) is 4. The van der Waals surface area contributed by atoms with Gasteiger partial charge in [0.1, 0.15) is 6.04 Å². The molecular formula is C24H28ClN3O5. The van der Waals surface area contributed by atoms with Crippen LogP contribution in [0.25, 0.3) is 0 Å². The number of carboxylic acid groups (broad SMARTS) is 2. The third kappa shape index (κ3) is 6.24. The molecule has 0 fully saturated rings. The van der Waals surface area contributed by atoms with Crippen LogP contribution in [-0.2, 0) is 22.6 Å². The molecule has 3 rings (SSSR count). The van der Waals surface area contributed by atoms with Crippen molar-refractivity contribution in [3.63, 3.8) is 0 Å². The molecule has 2 aromatic carbocycles. The smallest absolute Gasteiger partial charge is 0.326 e. The fourth-order valence-electron chi connectivity index (χ4n) is 4.28. The van der Waals surface area contributed by atoms with Gasteiger partial charge < -0.3 is 25.7 Å². The van der Waals surface area contributed by atoms with Gasteiger partial charge in [-0.25, -0.2) is 9.59 Å². The van der Waals surface area contributed by atoms with Crippen LogP contribution in [0.15, 0.2) is 36.4 Å². The van der Waals surface area contributed by atoms with Gasteiger partial charge in [-0.05, 0) is 60.0 Å². The lowest BCUT2D eigenvalue weighted by atomic mass is 9.82. The highest BCUT2D eigenvalue weighted by Gasteiger charge is 2.28. The maximum atomic E-state index is 12.3. The Bertz CT molecular complexity index is 1060. The molecule has 9 heteroatoms. The molecule has 4 N–H and O–H groups in total. The number of hydrogen-bond acceptors (Lipinski definition) is 4. The maximum absolute atomic E-state index is 12.3. The molecule has 1 unspecified atom stereocenters. The van der Waals surface area contributed by atoms with Crippen molar-refractivity contribution in [3.05, 3.63) is 63.7 Å². The highest BCUT2D eigenvalue weighted by Crippen LogP contribution is 2.37. The van der Waals surface area contributed by atoms with Crippen LogP contribution in [-0.4, -0.2) is 52.7 Å². The molecule has 33 heavy (non-hydrogen) atoms. The SMILES string of the molecule is CCCc1cc(Cl)cc2c1CN(C)CC2c1cccc(NC(=O)N[C@@H](CC(=O)O)C(=O)O)c1. The number of aryl methyl sites for hydroxylation is 1. The summed E-state index contributed by atoms with van der Waals surface area (Å²) < 4.78 is 0. The van der Waals surface area contributed by atoms with Crippen LogP contribution >= 0.6 is 11.6 Å². The van der Waals surface area contributed by atoms with E-state index in [1.165, 1.54) is 16.7 Å². The van der Waals surface area contributed by atoms with Gasteiger partial charge in [-0.2, -0.15) is 0 Å². The van der Waals surface area contributed by atoms with Crippen molar-refractivity contribution in [1.82, 2.24) is 10.2 Å². The summed E-state index contributed by atoms with van der Waals surface area (Å²) in [6, 6.07) is 9.11. The van der Waals surface area contributed by atoms with E-state index in [1.54, 1.807) is 6.07 Å². The summed E-state index contributed by atoms with van der Waals surface area (Å²) in [5, 5.41) is 23.5. The Kier molecular flexibility index (Phi) is 7.94. The standard InChI is InChI=1S/C24H28ClN3O5/c1-3-5-14-8-16(25)10-18-19(14)12-28(2)13-20(18)15-6-4-7-17(9-15)26-24(33)27-21(23(31)32)11-22(29)30/h4,6-10,20-21H,3,5,11-13H2,1-2H3,(H,29,30)(H,31,32)(H2,26,27,33)/t20?,21-/m0/s1. The largest absolute Gasteiger partial charge is 0.481 e. The van der Waals surface area contributed by atoms with Gasteiger partial charge in [0.15, 0.2) is 0 Å². The number of nitrogens with zero attached hydrogens (tertiary/aromatic N) is 1. The van der Waals surface area contributed by atoms with Crippen LogP contribution in [0.5, 0.6) is 0 Å². The van der Waals surface area contributed by atoms with Gasteiger partial charge in [0.2, 0.25) is 0 Å². The highest BCUT2D eigenvalue weighted by atomic mass is 35.5. The quantitative estimate of drug-likeness (QED) is 0.461. The summed E-state index contributed by atoms with van der Waals surface area (Å²) in [5.74, 6) is -2.68. The lowest BCUT2D eigenvalue weighted by molar-refractivity contribution is -0.145. The van der Waals surface area contributed by atoms with Crippen LogP contribution < -0.4 is 10.6 Å². The number of likely N-dealkylation sites (N-methyl/N-ethyl adjacent to an activating group) is 1. The summed E-state index contributed by atoms with van der Waals surface area (Å²) in [5.41, 5.74) is 5.19. The number of halogens is 1. The van der Waals surface area contributed by atoms with Crippen molar-refractivity contribution >= 4 is 35.3 Å². The average molecular weight is 474 g/mol. The molecule has 0 spiro atoms. The first-order chi connectivity index (χ1) is 15.7. The predicted octanol–water partition coefficient (Wildman–Crippen LogP) is 3.92. The van der Waals surface area contributed by atoms with Gasteiger partial charge in [0.05, 0.1) is 6.42 Å². The molecule has 0 radical (unpaired) electrons. The fourth-order valence-corrected chi connectivity index (χ4v) is 4.52. The summed E-state index contributed by atoms with van der Waals surface area (Å²) in [6.45, 7) is 3.77. The monoisotopic (exact) mass is 473 g/mol. The van der Waals surface area contributed by atoms with Crippen LogP contribution in [0.4, 0.5) is 10.5 Å². The fraction of sp³-hybridized carbons (Fsp3) is 0.375. The Morgan fingerprint density at radius 3 is 2.64 bits per heavy atom. The van der Waals surface area contributed by atoms with Crippen molar-refractivity contribution in [2.24, 2.45) is 0 Å².